The van der Waals surface area contributed by atoms with E-state index < -0.39 is 0 Å². The van der Waals surface area contributed by atoms with Crippen molar-refractivity contribution in [2.24, 2.45) is 0 Å². The second-order valence-corrected chi connectivity index (χ2v) is 5.45. The average Bonchev–Trinajstić information content (AvgIpc) is 2.52. The summed E-state index contributed by atoms with van der Waals surface area (Å²) in [6.45, 7) is 5.86. The summed E-state index contributed by atoms with van der Waals surface area (Å²) in [6, 6.07) is 10.7. The molecule has 0 atom stereocenters. The van der Waals surface area contributed by atoms with Crippen molar-refractivity contribution in [1.29, 1.82) is 0 Å². The van der Waals surface area contributed by atoms with Crippen molar-refractivity contribution >= 4 is 15.9 Å². The molecule has 20 heavy (non-hydrogen) atoms. The molecule has 1 rings (SSSR count). The van der Waals surface area contributed by atoms with E-state index in [4.69, 9.17) is 4.74 Å². The molecule has 0 heterocycles. The van der Waals surface area contributed by atoms with Crippen LogP contribution in [0.15, 0.2) is 30.3 Å². The van der Waals surface area contributed by atoms with Gasteiger partial charge >= 0.3 is 0 Å². The number of aryl methyl sites for hydroxylation is 1. The Balaban J connectivity index is 0.00000172. The summed E-state index contributed by atoms with van der Waals surface area (Å²) in [7, 11) is 0. The molecular formula is C18H31BrO. The third-order valence-corrected chi connectivity index (χ3v) is 3.58. The van der Waals surface area contributed by atoms with E-state index in [1.807, 2.05) is 13.8 Å². The van der Waals surface area contributed by atoms with Crippen molar-refractivity contribution < 1.29 is 4.74 Å². The molecule has 0 saturated carbocycles. The smallest absolute Gasteiger partial charge is 0.0466 e. The zero-order valence-electron chi connectivity index (χ0n) is 13.2. The number of benzene rings is 1. The lowest BCUT2D eigenvalue weighted by molar-refractivity contribution is 0.126. The van der Waals surface area contributed by atoms with E-state index in [0.29, 0.717) is 0 Å². The van der Waals surface area contributed by atoms with E-state index in [2.05, 4.69) is 46.3 Å². The maximum Gasteiger partial charge on any atom is 0.0466 e. The van der Waals surface area contributed by atoms with Gasteiger partial charge in [0.2, 0.25) is 0 Å². The van der Waals surface area contributed by atoms with Crippen LogP contribution in [0.5, 0.6) is 0 Å². The largest absolute Gasteiger partial charge is 0.381 e. The van der Waals surface area contributed by atoms with Gasteiger partial charge in [0, 0.05) is 18.5 Å². The van der Waals surface area contributed by atoms with Crippen LogP contribution in [0, 0.1) is 0 Å². The van der Waals surface area contributed by atoms with Crippen LogP contribution in [0.2, 0.25) is 0 Å². The molecule has 0 spiro atoms. The minimum Gasteiger partial charge on any atom is -0.381 e. The number of alkyl halides is 1. The Bertz CT molecular complexity index is 274. The van der Waals surface area contributed by atoms with Crippen molar-refractivity contribution in [3.05, 3.63) is 35.9 Å². The normalized spacial score (nSPS) is 9.95. The summed E-state index contributed by atoms with van der Waals surface area (Å²) < 4.78 is 5.64. The first kappa shape index (κ1) is 19.7. The van der Waals surface area contributed by atoms with Gasteiger partial charge < -0.3 is 4.74 Å². The van der Waals surface area contributed by atoms with E-state index >= 15 is 0 Å². The van der Waals surface area contributed by atoms with E-state index in [0.717, 1.165) is 18.5 Å². The molecule has 0 radical (unpaired) electrons. The Kier molecular flexibility index (Phi) is 16.4. The molecule has 1 aromatic rings. The van der Waals surface area contributed by atoms with Crippen LogP contribution in [0.25, 0.3) is 0 Å². The standard InChI is InChI=1S/C16H25BrO.C2H6/c17-13-7-1-2-8-14-18-15-9-6-12-16-10-4-3-5-11-16;1-2/h3-5,10-11H,1-2,6-9,12-15H2;1-2H3. The van der Waals surface area contributed by atoms with E-state index in [-0.39, 0.29) is 0 Å². The molecule has 0 N–H and O–H groups in total. The summed E-state index contributed by atoms with van der Waals surface area (Å²) in [4.78, 5) is 0. The molecule has 0 aromatic heterocycles. The Morgan fingerprint density at radius 1 is 0.800 bits per heavy atom. The monoisotopic (exact) mass is 342 g/mol. The molecule has 0 aliphatic carbocycles. The van der Waals surface area contributed by atoms with Gasteiger partial charge in [0.1, 0.15) is 0 Å². The van der Waals surface area contributed by atoms with Gasteiger partial charge in [-0.2, -0.15) is 0 Å². The van der Waals surface area contributed by atoms with Crippen LogP contribution in [0.1, 0.15) is 57.9 Å². The fourth-order valence-corrected chi connectivity index (χ4v) is 2.33. The van der Waals surface area contributed by atoms with Crippen LogP contribution in [-0.4, -0.2) is 18.5 Å². The summed E-state index contributed by atoms with van der Waals surface area (Å²) in [6.07, 6.45) is 8.71. The lowest BCUT2D eigenvalue weighted by Crippen LogP contribution is -1.98. The van der Waals surface area contributed by atoms with Crippen molar-refractivity contribution in [3.8, 4) is 0 Å². The maximum atomic E-state index is 5.64. The van der Waals surface area contributed by atoms with Gasteiger partial charge in [-0.1, -0.05) is 73.0 Å². The Morgan fingerprint density at radius 2 is 1.40 bits per heavy atom. The second-order valence-electron chi connectivity index (χ2n) is 4.66. The van der Waals surface area contributed by atoms with Crippen LogP contribution < -0.4 is 0 Å². The minimum atomic E-state index is 0.922. The number of rotatable bonds is 11. The third-order valence-electron chi connectivity index (χ3n) is 3.02. The van der Waals surface area contributed by atoms with E-state index in [9.17, 15) is 0 Å². The van der Waals surface area contributed by atoms with E-state index in [1.54, 1.807) is 0 Å². The molecule has 2 heteroatoms. The lowest BCUT2D eigenvalue weighted by atomic mass is 10.1. The summed E-state index contributed by atoms with van der Waals surface area (Å²) in [5, 5.41) is 1.13. The number of unbranched alkanes of at least 4 members (excludes halogenated alkanes) is 4. The van der Waals surface area contributed by atoms with Gasteiger partial charge in [0.25, 0.3) is 0 Å². The first-order valence-electron chi connectivity index (χ1n) is 8.11. The van der Waals surface area contributed by atoms with Crippen LogP contribution >= 0.6 is 15.9 Å². The van der Waals surface area contributed by atoms with Crippen molar-refractivity contribution in [2.75, 3.05) is 18.5 Å². The fourth-order valence-electron chi connectivity index (χ4n) is 1.93. The summed E-state index contributed by atoms with van der Waals surface area (Å²) in [5.74, 6) is 0. The van der Waals surface area contributed by atoms with Crippen LogP contribution in [0.4, 0.5) is 0 Å². The third kappa shape index (κ3) is 12.7. The van der Waals surface area contributed by atoms with Gasteiger partial charge in [-0.15, -0.1) is 0 Å². The highest BCUT2D eigenvalue weighted by Crippen LogP contribution is 2.05. The molecule has 0 saturated heterocycles. The molecule has 1 nitrogen and oxygen atoms in total. The van der Waals surface area contributed by atoms with Gasteiger partial charge in [-0.25, -0.2) is 0 Å². The molecule has 0 unspecified atom stereocenters. The van der Waals surface area contributed by atoms with Crippen molar-refractivity contribution in [1.82, 2.24) is 0 Å². The van der Waals surface area contributed by atoms with Crippen molar-refractivity contribution in [2.45, 2.75) is 58.8 Å². The van der Waals surface area contributed by atoms with Gasteiger partial charge in [0.05, 0.1) is 0 Å². The topological polar surface area (TPSA) is 9.23 Å². The molecule has 0 aliphatic rings. The molecular weight excluding hydrogens is 312 g/mol. The molecule has 0 aliphatic heterocycles. The number of hydrogen-bond acceptors (Lipinski definition) is 1. The van der Waals surface area contributed by atoms with Crippen molar-refractivity contribution in [3.63, 3.8) is 0 Å². The second kappa shape index (κ2) is 16.7. The zero-order valence-corrected chi connectivity index (χ0v) is 14.8. The highest BCUT2D eigenvalue weighted by Gasteiger charge is 1.94. The first-order chi connectivity index (χ1) is 9.93. The Morgan fingerprint density at radius 3 is 2.05 bits per heavy atom. The van der Waals surface area contributed by atoms with Gasteiger partial charge in [-0.05, 0) is 37.7 Å². The quantitative estimate of drug-likeness (QED) is 0.353. The Labute approximate surface area is 134 Å². The lowest BCUT2D eigenvalue weighted by Gasteiger charge is -2.04. The Hall–Kier alpha value is -0.340. The minimum absolute atomic E-state index is 0.922. The van der Waals surface area contributed by atoms with Gasteiger partial charge in [0.15, 0.2) is 0 Å². The molecule has 0 bridgehead atoms. The van der Waals surface area contributed by atoms with E-state index in [1.165, 1.54) is 50.5 Å². The first-order valence-corrected chi connectivity index (χ1v) is 9.23. The fraction of sp³-hybridized carbons (Fsp3) is 0.667. The van der Waals surface area contributed by atoms with Crippen LogP contribution in [0.3, 0.4) is 0 Å². The highest BCUT2D eigenvalue weighted by atomic mass is 79.9. The highest BCUT2D eigenvalue weighted by molar-refractivity contribution is 9.09. The molecule has 0 fully saturated rings. The number of hydrogen-bond donors (Lipinski definition) is 0. The number of halogens is 1. The predicted molar refractivity (Wildman–Crippen MR) is 93.8 cm³/mol. The summed E-state index contributed by atoms with van der Waals surface area (Å²) in [5.41, 5.74) is 1.44. The van der Waals surface area contributed by atoms with Crippen LogP contribution in [-0.2, 0) is 11.2 Å². The zero-order chi connectivity index (χ0) is 14.9. The number of ether oxygens (including phenoxy) is 1. The SMILES string of the molecule is BrCCCCCCOCCCCc1ccccc1.CC. The molecule has 1 aromatic carbocycles. The maximum absolute atomic E-state index is 5.64. The predicted octanol–water partition coefficient (Wildman–Crippen LogP) is 6.01. The molecule has 116 valence electrons. The van der Waals surface area contributed by atoms with Gasteiger partial charge in [-0.3, -0.25) is 0 Å². The average molecular weight is 343 g/mol. The molecule has 0 amide bonds. The summed E-state index contributed by atoms with van der Waals surface area (Å²) >= 11 is 3.45.